The van der Waals surface area contributed by atoms with E-state index in [9.17, 15) is 19.7 Å². The topological polar surface area (TPSA) is 120 Å². The number of hydrogen-bond donors (Lipinski definition) is 1. The second-order valence-electron chi connectivity index (χ2n) is 7.09. The van der Waals surface area contributed by atoms with Crippen molar-refractivity contribution in [1.82, 2.24) is 4.90 Å². The Morgan fingerprint density at radius 3 is 2.31 bits per heavy atom. The Balaban J connectivity index is 2.24. The average Bonchev–Trinajstić information content (AvgIpc) is 2.75. The molecule has 0 aromatic heterocycles. The lowest BCUT2D eigenvalue weighted by Crippen LogP contribution is -2.35. The molecule has 10 nitrogen and oxygen atoms in total. The van der Waals surface area contributed by atoms with Gasteiger partial charge >= 0.3 is 0 Å². The number of benzene rings is 2. The maximum absolute atomic E-state index is 13.0. The van der Waals surface area contributed by atoms with Gasteiger partial charge in [-0.05, 0) is 25.0 Å². The van der Waals surface area contributed by atoms with Crippen LogP contribution in [0.5, 0.6) is 11.5 Å². The van der Waals surface area contributed by atoms with E-state index >= 15 is 0 Å². The minimum atomic E-state index is -0.699. The third-order valence-electron chi connectivity index (χ3n) is 4.73. The van der Waals surface area contributed by atoms with Gasteiger partial charge in [-0.2, -0.15) is 0 Å². The molecule has 0 atom stereocenters. The summed E-state index contributed by atoms with van der Waals surface area (Å²) < 4.78 is 15.6. The molecule has 0 radical (unpaired) electrons. The molecule has 0 aliphatic heterocycles. The van der Waals surface area contributed by atoms with Crippen molar-refractivity contribution < 1.29 is 28.7 Å². The summed E-state index contributed by atoms with van der Waals surface area (Å²) >= 11 is 0. The maximum atomic E-state index is 13.0. The van der Waals surface area contributed by atoms with E-state index in [0.29, 0.717) is 5.69 Å². The third-order valence-corrected chi connectivity index (χ3v) is 4.73. The van der Waals surface area contributed by atoms with Crippen LogP contribution < -0.4 is 14.8 Å². The maximum Gasteiger partial charge on any atom is 0.286 e. The van der Waals surface area contributed by atoms with Gasteiger partial charge in [0.05, 0.1) is 31.3 Å². The van der Waals surface area contributed by atoms with Gasteiger partial charge in [0.25, 0.3) is 11.6 Å². The number of hydrogen-bond acceptors (Lipinski definition) is 7. The van der Waals surface area contributed by atoms with Gasteiger partial charge in [0, 0.05) is 25.9 Å². The third kappa shape index (κ3) is 5.94. The lowest BCUT2D eigenvalue weighted by atomic mass is 10.1. The van der Waals surface area contributed by atoms with E-state index in [1.54, 1.807) is 0 Å². The molecule has 0 saturated carbocycles. The number of carbonyl (C=O) groups is 2. The zero-order chi connectivity index (χ0) is 23.8. The van der Waals surface area contributed by atoms with Crippen molar-refractivity contribution >= 4 is 23.2 Å². The summed E-state index contributed by atoms with van der Waals surface area (Å²) in [7, 11) is 4.25. The van der Waals surface area contributed by atoms with Crippen LogP contribution in [-0.4, -0.2) is 62.7 Å². The number of aryl methyl sites for hydroxylation is 2. The van der Waals surface area contributed by atoms with Crippen molar-refractivity contribution in [3.63, 3.8) is 0 Å². The fourth-order valence-electron chi connectivity index (χ4n) is 3.06. The highest BCUT2D eigenvalue weighted by atomic mass is 16.6. The number of nitrogens with one attached hydrogen (secondary N) is 1. The van der Waals surface area contributed by atoms with Gasteiger partial charge in [0.1, 0.15) is 12.2 Å². The largest absolute Gasteiger partial charge is 0.493 e. The molecule has 2 aromatic carbocycles. The van der Waals surface area contributed by atoms with Crippen LogP contribution in [0, 0.1) is 24.0 Å². The fraction of sp³-hybridized carbons (Fsp3) is 0.364. The molecule has 32 heavy (non-hydrogen) atoms. The molecular weight excluding hydrogens is 418 g/mol. The van der Waals surface area contributed by atoms with Gasteiger partial charge in [0.15, 0.2) is 11.5 Å². The Hall–Kier alpha value is -3.66. The standard InChI is InChI=1S/C22H27N3O7/c1-14-7-6-8-15(2)21(14)23-20(26)13-24(3)22(27)16-11-18(31-5)19(32-10-9-30-4)12-17(16)25(28)29/h6-8,11-12H,9-10,13H2,1-5H3,(H,23,26). The number of amides is 2. The molecule has 10 heteroatoms. The van der Waals surface area contributed by atoms with Crippen LogP contribution in [0.1, 0.15) is 21.5 Å². The number of rotatable bonds is 10. The molecule has 2 rings (SSSR count). The number of likely N-dealkylation sites (N-methyl/N-ethyl adjacent to an activating group) is 1. The average molecular weight is 445 g/mol. The van der Waals surface area contributed by atoms with Crippen LogP contribution in [-0.2, 0) is 9.53 Å². The molecule has 0 unspecified atom stereocenters. The lowest BCUT2D eigenvalue weighted by molar-refractivity contribution is -0.385. The molecule has 0 bridgehead atoms. The number of nitro benzene ring substituents is 1. The lowest BCUT2D eigenvalue weighted by Gasteiger charge is -2.19. The highest BCUT2D eigenvalue weighted by Gasteiger charge is 2.27. The molecule has 2 amide bonds. The van der Waals surface area contributed by atoms with Crippen LogP contribution in [0.2, 0.25) is 0 Å². The normalized spacial score (nSPS) is 10.4. The summed E-state index contributed by atoms with van der Waals surface area (Å²) in [6.45, 7) is 3.86. The molecule has 0 heterocycles. The quantitative estimate of drug-likeness (QED) is 0.339. The van der Waals surface area contributed by atoms with Gasteiger partial charge in [-0.1, -0.05) is 18.2 Å². The summed E-state index contributed by atoms with van der Waals surface area (Å²) in [5.74, 6) is -0.853. The van der Waals surface area contributed by atoms with E-state index in [1.807, 2.05) is 32.0 Å². The van der Waals surface area contributed by atoms with Gasteiger partial charge in [0.2, 0.25) is 5.91 Å². The molecule has 0 fully saturated rings. The second kappa shape index (κ2) is 11.1. The predicted molar refractivity (Wildman–Crippen MR) is 119 cm³/mol. The minimum Gasteiger partial charge on any atom is -0.493 e. The summed E-state index contributed by atoms with van der Waals surface area (Å²) in [6.07, 6.45) is 0. The highest BCUT2D eigenvalue weighted by Crippen LogP contribution is 2.35. The van der Waals surface area contributed by atoms with Gasteiger partial charge < -0.3 is 24.4 Å². The zero-order valence-corrected chi connectivity index (χ0v) is 18.8. The van der Waals surface area contributed by atoms with E-state index in [2.05, 4.69) is 5.32 Å². The van der Waals surface area contributed by atoms with Gasteiger partial charge in [-0.3, -0.25) is 19.7 Å². The first-order valence-electron chi connectivity index (χ1n) is 9.79. The van der Waals surface area contributed by atoms with E-state index in [-0.39, 0.29) is 36.8 Å². The van der Waals surface area contributed by atoms with Crippen molar-refractivity contribution in [1.29, 1.82) is 0 Å². The Bertz CT molecular complexity index is 987. The highest BCUT2D eigenvalue weighted by molar-refractivity contribution is 6.02. The zero-order valence-electron chi connectivity index (χ0n) is 18.8. The molecule has 0 aliphatic rings. The molecule has 0 aliphatic carbocycles. The Kier molecular flexibility index (Phi) is 8.54. The van der Waals surface area contributed by atoms with Crippen molar-refractivity contribution in [2.24, 2.45) is 0 Å². The number of nitrogens with zero attached hydrogens (tertiary/aromatic N) is 2. The number of methoxy groups -OCH3 is 2. The van der Waals surface area contributed by atoms with Gasteiger partial charge in [-0.15, -0.1) is 0 Å². The molecule has 172 valence electrons. The fourth-order valence-corrected chi connectivity index (χ4v) is 3.06. The summed E-state index contributed by atoms with van der Waals surface area (Å²) in [5.41, 5.74) is 1.77. The van der Waals surface area contributed by atoms with E-state index in [0.717, 1.165) is 22.1 Å². The van der Waals surface area contributed by atoms with E-state index < -0.39 is 22.4 Å². The van der Waals surface area contributed by atoms with Crippen LogP contribution in [0.25, 0.3) is 0 Å². The molecule has 2 aromatic rings. The Morgan fingerprint density at radius 1 is 1.09 bits per heavy atom. The van der Waals surface area contributed by atoms with Crippen LogP contribution in [0.15, 0.2) is 30.3 Å². The summed E-state index contributed by atoms with van der Waals surface area (Å²) in [6, 6.07) is 7.98. The second-order valence-corrected chi connectivity index (χ2v) is 7.09. The number of anilines is 1. The van der Waals surface area contributed by atoms with Crippen molar-refractivity contribution in [2.45, 2.75) is 13.8 Å². The molecule has 1 N–H and O–H groups in total. The Morgan fingerprint density at radius 2 is 1.75 bits per heavy atom. The number of nitro groups is 1. The first-order chi connectivity index (χ1) is 15.2. The first kappa shape index (κ1) is 24.6. The van der Waals surface area contributed by atoms with Crippen LogP contribution in [0.4, 0.5) is 11.4 Å². The van der Waals surface area contributed by atoms with Gasteiger partial charge in [-0.25, -0.2) is 0 Å². The number of ether oxygens (including phenoxy) is 3. The van der Waals surface area contributed by atoms with E-state index in [4.69, 9.17) is 14.2 Å². The molecule has 0 saturated heterocycles. The first-order valence-corrected chi connectivity index (χ1v) is 9.79. The number of carbonyl (C=O) groups excluding carboxylic acids is 2. The summed E-state index contributed by atoms with van der Waals surface area (Å²) in [4.78, 5) is 37.5. The smallest absolute Gasteiger partial charge is 0.286 e. The molecular formula is C22H27N3O7. The van der Waals surface area contributed by atoms with Crippen molar-refractivity contribution in [2.75, 3.05) is 46.3 Å². The Labute approximate surface area is 186 Å². The molecule has 0 spiro atoms. The van der Waals surface area contributed by atoms with Crippen molar-refractivity contribution in [3.8, 4) is 11.5 Å². The van der Waals surface area contributed by atoms with Crippen LogP contribution in [0.3, 0.4) is 0 Å². The minimum absolute atomic E-state index is 0.114. The SMILES string of the molecule is COCCOc1cc([N+](=O)[O-])c(C(=O)N(C)CC(=O)Nc2c(C)cccc2C)cc1OC. The van der Waals surface area contributed by atoms with Crippen molar-refractivity contribution in [3.05, 3.63) is 57.1 Å². The summed E-state index contributed by atoms with van der Waals surface area (Å²) in [5, 5.41) is 14.4. The number of para-hydroxylation sites is 1. The van der Waals surface area contributed by atoms with E-state index in [1.165, 1.54) is 27.3 Å². The predicted octanol–water partition coefficient (Wildman–Crippen LogP) is 2.96. The monoisotopic (exact) mass is 445 g/mol. The van der Waals surface area contributed by atoms with Crippen LogP contribution >= 0.6 is 0 Å².